The van der Waals surface area contributed by atoms with Gasteiger partial charge in [-0.3, -0.25) is 0 Å². The van der Waals surface area contributed by atoms with Crippen molar-refractivity contribution in [1.82, 2.24) is 4.72 Å². The fourth-order valence-corrected chi connectivity index (χ4v) is 5.39. The van der Waals surface area contributed by atoms with Crippen molar-refractivity contribution in [2.24, 2.45) is 5.92 Å². The zero-order valence-electron chi connectivity index (χ0n) is 12.4. The van der Waals surface area contributed by atoms with E-state index in [9.17, 15) is 13.5 Å². The number of hydrogen-bond donors (Lipinski definition) is 2. The minimum atomic E-state index is -3.56. The first kappa shape index (κ1) is 16.9. The van der Waals surface area contributed by atoms with Crippen molar-refractivity contribution < 1.29 is 18.3 Å². The molecule has 7 heteroatoms. The molecular formula is C14H23NO4S2. The Labute approximate surface area is 130 Å². The van der Waals surface area contributed by atoms with Crippen molar-refractivity contribution in [3.63, 3.8) is 0 Å². The second-order valence-corrected chi connectivity index (χ2v) is 8.49. The molecular weight excluding hydrogens is 310 g/mol. The Hall–Kier alpha value is -0.470. The molecule has 5 nitrogen and oxygen atoms in total. The van der Waals surface area contributed by atoms with Crippen LogP contribution in [-0.2, 0) is 14.8 Å². The number of nitrogens with one attached hydrogen (secondary N) is 1. The van der Waals surface area contributed by atoms with Gasteiger partial charge in [0.25, 0.3) is 0 Å². The van der Waals surface area contributed by atoms with Gasteiger partial charge in [0.05, 0.1) is 12.7 Å². The van der Waals surface area contributed by atoms with Crippen LogP contribution in [0.5, 0.6) is 0 Å². The summed E-state index contributed by atoms with van der Waals surface area (Å²) in [6.07, 6.45) is 3.86. The van der Waals surface area contributed by atoms with E-state index in [1.165, 1.54) is 11.3 Å². The maximum atomic E-state index is 12.4. The van der Waals surface area contributed by atoms with Gasteiger partial charge in [0.15, 0.2) is 0 Å². The monoisotopic (exact) mass is 333 g/mol. The van der Waals surface area contributed by atoms with Gasteiger partial charge in [-0.15, -0.1) is 11.3 Å². The molecule has 0 aliphatic heterocycles. The van der Waals surface area contributed by atoms with Gasteiger partial charge in [-0.05, 0) is 49.1 Å². The third-order valence-electron chi connectivity index (χ3n) is 4.04. The summed E-state index contributed by atoms with van der Waals surface area (Å²) in [5.74, 6) is 0.115. The number of ether oxygens (including phenoxy) is 1. The van der Waals surface area contributed by atoms with E-state index in [0.717, 1.165) is 31.2 Å². The first-order valence-electron chi connectivity index (χ1n) is 7.17. The summed E-state index contributed by atoms with van der Waals surface area (Å²) in [5, 5.41) is 11.4. The molecule has 1 aromatic heterocycles. The van der Waals surface area contributed by atoms with E-state index in [0.29, 0.717) is 4.21 Å². The van der Waals surface area contributed by atoms with Crippen molar-refractivity contribution in [3.05, 3.63) is 17.0 Å². The maximum absolute atomic E-state index is 12.4. The molecule has 3 atom stereocenters. The minimum absolute atomic E-state index is 0.115. The highest BCUT2D eigenvalue weighted by atomic mass is 32.2. The van der Waals surface area contributed by atoms with Crippen LogP contribution in [0.3, 0.4) is 0 Å². The number of aryl methyl sites for hydroxylation is 1. The normalized spacial score (nSPS) is 24.9. The quantitative estimate of drug-likeness (QED) is 0.834. The van der Waals surface area contributed by atoms with Crippen molar-refractivity contribution in [2.75, 3.05) is 13.7 Å². The van der Waals surface area contributed by atoms with Crippen molar-refractivity contribution in [2.45, 2.75) is 49.0 Å². The van der Waals surface area contributed by atoms with Crippen LogP contribution < -0.4 is 4.72 Å². The number of methoxy groups -OCH3 is 1. The number of sulfonamides is 1. The van der Waals surface area contributed by atoms with Gasteiger partial charge < -0.3 is 9.84 Å². The van der Waals surface area contributed by atoms with Gasteiger partial charge in [-0.1, -0.05) is 6.42 Å². The summed E-state index contributed by atoms with van der Waals surface area (Å²) < 4.78 is 33.1. The topological polar surface area (TPSA) is 75.6 Å². The molecule has 1 saturated carbocycles. The third-order valence-corrected chi connectivity index (χ3v) is 7.09. The molecule has 1 aromatic rings. The predicted octanol–water partition coefficient (Wildman–Crippen LogP) is 1.90. The van der Waals surface area contributed by atoms with Gasteiger partial charge in [-0.2, -0.15) is 0 Å². The molecule has 120 valence electrons. The molecule has 0 bridgehead atoms. The zero-order valence-corrected chi connectivity index (χ0v) is 14.0. The SMILES string of the molecule is COC1CCCC(C(CO)NS(=O)(=O)c2cc(C)cs2)C1. The van der Waals surface area contributed by atoms with Crippen LogP contribution in [0.2, 0.25) is 0 Å². The Bertz CT molecular complexity index is 555. The standard InChI is InChI=1S/C14H23NO4S2/c1-10-6-14(20-9-10)21(17,18)15-13(8-16)11-4-3-5-12(7-11)19-2/h6,9,11-13,15-16H,3-5,7-8H2,1-2H3. The summed E-state index contributed by atoms with van der Waals surface area (Å²) in [6.45, 7) is 1.67. The molecule has 0 saturated heterocycles. The lowest BCUT2D eigenvalue weighted by molar-refractivity contribution is 0.0380. The van der Waals surface area contributed by atoms with Crippen LogP contribution >= 0.6 is 11.3 Å². The van der Waals surface area contributed by atoms with E-state index in [2.05, 4.69) is 4.72 Å². The van der Waals surface area contributed by atoms with Crippen LogP contribution in [0.1, 0.15) is 31.2 Å². The first-order valence-corrected chi connectivity index (χ1v) is 9.53. The molecule has 3 unspecified atom stereocenters. The molecule has 1 heterocycles. The summed E-state index contributed by atoms with van der Waals surface area (Å²) in [7, 11) is -1.88. The molecule has 0 amide bonds. The van der Waals surface area contributed by atoms with E-state index in [-0.39, 0.29) is 18.6 Å². The van der Waals surface area contributed by atoms with Crippen LogP contribution in [0, 0.1) is 12.8 Å². The van der Waals surface area contributed by atoms with E-state index in [1.807, 2.05) is 12.3 Å². The lowest BCUT2D eigenvalue weighted by Gasteiger charge is -2.33. The van der Waals surface area contributed by atoms with Crippen molar-refractivity contribution in [1.29, 1.82) is 0 Å². The molecule has 2 rings (SSSR count). The minimum Gasteiger partial charge on any atom is -0.395 e. The first-order chi connectivity index (χ1) is 9.96. The smallest absolute Gasteiger partial charge is 0.250 e. The van der Waals surface area contributed by atoms with Gasteiger partial charge in [0.1, 0.15) is 4.21 Å². The molecule has 0 aromatic carbocycles. The number of rotatable bonds is 6. The maximum Gasteiger partial charge on any atom is 0.250 e. The molecule has 21 heavy (non-hydrogen) atoms. The Morgan fingerprint density at radius 2 is 2.29 bits per heavy atom. The van der Waals surface area contributed by atoms with Crippen LogP contribution in [0.4, 0.5) is 0 Å². The van der Waals surface area contributed by atoms with Crippen molar-refractivity contribution >= 4 is 21.4 Å². The number of aliphatic hydroxyl groups excluding tert-OH is 1. The van der Waals surface area contributed by atoms with Crippen LogP contribution in [-0.4, -0.2) is 39.4 Å². The van der Waals surface area contributed by atoms with Gasteiger partial charge in [0.2, 0.25) is 10.0 Å². The van der Waals surface area contributed by atoms with Gasteiger partial charge in [-0.25, -0.2) is 13.1 Å². The highest BCUT2D eigenvalue weighted by molar-refractivity contribution is 7.91. The number of hydrogen-bond acceptors (Lipinski definition) is 5. The summed E-state index contributed by atoms with van der Waals surface area (Å²) in [4.78, 5) is 0. The average Bonchev–Trinajstić information content (AvgIpc) is 2.92. The Balaban J connectivity index is 2.08. The zero-order chi connectivity index (χ0) is 15.5. The number of thiophene rings is 1. The summed E-state index contributed by atoms with van der Waals surface area (Å²) in [6, 6.07) is 1.20. The highest BCUT2D eigenvalue weighted by Gasteiger charge is 2.31. The molecule has 1 fully saturated rings. The van der Waals surface area contributed by atoms with Crippen LogP contribution in [0.25, 0.3) is 0 Å². The Morgan fingerprint density at radius 3 is 2.86 bits per heavy atom. The summed E-state index contributed by atoms with van der Waals surface area (Å²) >= 11 is 1.20. The molecule has 2 N–H and O–H groups in total. The lowest BCUT2D eigenvalue weighted by atomic mass is 9.83. The second-order valence-electron chi connectivity index (χ2n) is 5.64. The third kappa shape index (κ3) is 4.26. The Morgan fingerprint density at radius 1 is 1.52 bits per heavy atom. The molecule has 1 aliphatic rings. The fourth-order valence-electron chi connectivity index (χ4n) is 2.85. The van der Waals surface area contributed by atoms with E-state index in [4.69, 9.17) is 4.74 Å². The largest absolute Gasteiger partial charge is 0.395 e. The fraction of sp³-hybridized carbons (Fsp3) is 0.714. The summed E-state index contributed by atoms with van der Waals surface area (Å²) in [5.41, 5.74) is 0.929. The van der Waals surface area contributed by atoms with E-state index < -0.39 is 16.1 Å². The average molecular weight is 333 g/mol. The number of aliphatic hydroxyl groups is 1. The molecule has 0 spiro atoms. The van der Waals surface area contributed by atoms with E-state index >= 15 is 0 Å². The van der Waals surface area contributed by atoms with Crippen molar-refractivity contribution in [3.8, 4) is 0 Å². The van der Waals surface area contributed by atoms with Gasteiger partial charge in [0, 0.05) is 13.2 Å². The lowest BCUT2D eigenvalue weighted by Crippen LogP contribution is -2.45. The van der Waals surface area contributed by atoms with E-state index in [1.54, 1.807) is 13.2 Å². The van der Waals surface area contributed by atoms with Gasteiger partial charge >= 0.3 is 0 Å². The predicted molar refractivity (Wildman–Crippen MR) is 83.0 cm³/mol. The Kier molecular flexibility index (Phi) is 5.79. The second kappa shape index (κ2) is 7.19. The van der Waals surface area contributed by atoms with Crippen LogP contribution in [0.15, 0.2) is 15.7 Å². The highest BCUT2D eigenvalue weighted by Crippen LogP contribution is 2.29. The molecule has 1 aliphatic carbocycles. The molecule has 0 radical (unpaired) electrons.